The van der Waals surface area contributed by atoms with Crippen molar-refractivity contribution in [1.29, 1.82) is 0 Å². The zero-order valence-electron chi connectivity index (χ0n) is 25.3. The van der Waals surface area contributed by atoms with E-state index in [2.05, 4.69) is 32.7 Å². The number of benzene rings is 2. The zero-order chi connectivity index (χ0) is 30.7. The van der Waals surface area contributed by atoms with Gasteiger partial charge in [-0.05, 0) is 61.1 Å². The number of rotatable bonds is 4. The van der Waals surface area contributed by atoms with Crippen LogP contribution in [0, 0.1) is 6.92 Å². The first-order valence-electron chi connectivity index (χ1n) is 16.0. The predicted octanol–water partition coefficient (Wildman–Crippen LogP) is 6.32. The van der Waals surface area contributed by atoms with Crippen molar-refractivity contribution in [3.8, 4) is 22.6 Å². The smallest absolute Gasteiger partial charge is 0.335 e. The molecule has 5 aromatic rings. The number of pyridine rings is 1. The number of amides is 1. The number of carbonyl (C=O) groups is 2. The third-order valence-corrected chi connectivity index (χ3v) is 9.98. The highest BCUT2D eigenvalue weighted by Crippen LogP contribution is 2.50. The van der Waals surface area contributed by atoms with Crippen molar-refractivity contribution >= 4 is 33.7 Å². The first kappa shape index (κ1) is 27.9. The maximum absolute atomic E-state index is 14.5. The van der Waals surface area contributed by atoms with Crippen molar-refractivity contribution in [3.63, 3.8) is 0 Å². The van der Waals surface area contributed by atoms with Gasteiger partial charge >= 0.3 is 5.97 Å². The molecular weight excluding hydrogens is 566 g/mol. The van der Waals surface area contributed by atoms with E-state index in [1.54, 1.807) is 24.5 Å². The summed E-state index contributed by atoms with van der Waals surface area (Å²) in [5.41, 5.74) is 8.78. The van der Waals surface area contributed by atoms with Gasteiger partial charge in [-0.25, -0.2) is 9.78 Å². The van der Waals surface area contributed by atoms with E-state index in [4.69, 9.17) is 9.72 Å². The number of aryl methyl sites for hydroxylation is 1. The van der Waals surface area contributed by atoms with Crippen molar-refractivity contribution < 1.29 is 19.4 Å². The fourth-order valence-corrected chi connectivity index (χ4v) is 7.85. The van der Waals surface area contributed by atoms with E-state index >= 15 is 0 Å². The van der Waals surface area contributed by atoms with Gasteiger partial charge in [0.1, 0.15) is 11.7 Å². The Balaban J connectivity index is 1.39. The number of hydrogen-bond acceptors (Lipinski definition) is 6. The number of carbonyl (C=O) groups excluding carboxylic acids is 1. The molecule has 2 aliphatic heterocycles. The molecule has 1 amide bonds. The molecule has 2 fully saturated rings. The number of carboxylic acid groups (broad SMARTS) is 1. The van der Waals surface area contributed by atoms with Crippen LogP contribution in [0.5, 0.6) is 0 Å². The van der Waals surface area contributed by atoms with Crippen molar-refractivity contribution in [3.05, 3.63) is 77.2 Å². The summed E-state index contributed by atoms with van der Waals surface area (Å²) in [5, 5.41) is 12.0. The molecular formula is C36H35N5O4. The molecule has 1 N–H and O–H groups in total. The first-order valence-corrected chi connectivity index (χ1v) is 16.0. The number of morpholine rings is 1. The topological polar surface area (TPSA) is 110 Å². The van der Waals surface area contributed by atoms with Crippen LogP contribution in [0.1, 0.15) is 71.2 Å². The van der Waals surface area contributed by atoms with Gasteiger partial charge in [-0.2, -0.15) is 0 Å². The normalized spacial score (nSPS) is 18.6. The molecule has 0 radical (unpaired) electrons. The minimum atomic E-state index is -0.967. The second-order valence-electron chi connectivity index (χ2n) is 12.5. The highest BCUT2D eigenvalue weighted by atomic mass is 16.5. The largest absolute Gasteiger partial charge is 0.478 e. The highest BCUT2D eigenvalue weighted by Gasteiger charge is 2.39. The van der Waals surface area contributed by atoms with E-state index in [0.29, 0.717) is 38.6 Å². The average molecular weight is 602 g/mol. The Morgan fingerprint density at radius 1 is 0.933 bits per heavy atom. The third kappa shape index (κ3) is 4.60. The maximum Gasteiger partial charge on any atom is 0.335 e. The Bertz CT molecular complexity index is 1990. The molecule has 3 aromatic heterocycles. The minimum Gasteiger partial charge on any atom is -0.478 e. The van der Waals surface area contributed by atoms with Crippen LogP contribution < -0.4 is 0 Å². The summed E-state index contributed by atoms with van der Waals surface area (Å²) in [7, 11) is 0. The van der Waals surface area contributed by atoms with E-state index in [1.807, 2.05) is 24.0 Å². The summed E-state index contributed by atoms with van der Waals surface area (Å²) in [4.78, 5) is 42.5. The highest BCUT2D eigenvalue weighted by molar-refractivity contribution is 6.02. The Labute approximate surface area is 260 Å². The van der Waals surface area contributed by atoms with E-state index in [9.17, 15) is 14.7 Å². The number of hydrogen-bond donors (Lipinski definition) is 1. The summed E-state index contributed by atoms with van der Waals surface area (Å²) < 4.78 is 7.77. The van der Waals surface area contributed by atoms with E-state index in [1.165, 1.54) is 24.8 Å². The quantitative estimate of drug-likeness (QED) is 0.257. The molecule has 9 nitrogen and oxygen atoms in total. The fourth-order valence-electron chi connectivity index (χ4n) is 7.85. The van der Waals surface area contributed by atoms with Crippen LogP contribution in [-0.4, -0.2) is 67.7 Å². The number of carboxylic acids is 1. The lowest BCUT2D eigenvalue weighted by molar-refractivity contribution is -0.138. The summed E-state index contributed by atoms with van der Waals surface area (Å²) in [6.07, 6.45) is 9.59. The Hall–Kier alpha value is -4.63. The van der Waals surface area contributed by atoms with E-state index in [0.717, 1.165) is 68.6 Å². The number of aromatic carboxylic acids is 1. The summed E-state index contributed by atoms with van der Waals surface area (Å²) in [6, 6.07) is 13.3. The fraction of sp³-hybridized carbons (Fsp3) is 0.361. The molecule has 9 heteroatoms. The van der Waals surface area contributed by atoms with Gasteiger partial charge in [0.25, 0.3) is 0 Å². The summed E-state index contributed by atoms with van der Waals surface area (Å²) in [5.74, 6) is -0.575. The molecule has 45 heavy (non-hydrogen) atoms. The summed E-state index contributed by atoms with van der Waals surface area (Å²) in [6.45, 7) is 4.06. The van der Waals surface area contributed by atoms with Crippen molar-refractivity contribution in [1.82, 2.24) is 24.4 Å². The molecule has 1 saturated heterocycles. The molecule has 5 heterocycles. The zero-order valence-corrected chi connectivity index (χ0v) is 25.3. The van der Waals surface area contributed by atoms with Gasteiger partial charge < -0.3 is 19.3 Å². The van der Waals surface area contributed by atoms with Crippen molar-refractivity contribution in [2.24, 2.45) is 0 Å². The Kier molecular flexibility index (Phi) is 6.86. The van der Waals surface area contributed by atoms with Crippen molar-refractivity contribution in [2.45, 2.75) is 57.4 Å². The molecule has 0 bridgehead atoms. The molecule has 228 valence electrons. The van der Waals surface area contributed by atoms with Gasteiger partial charge in [0.15, 0.2) is 0 Å². The number of nitrogens with zero attached hydrogens (tertiary/aromatic N) is 5. The van der Waals surface area contributed by atoms with Crippen LogP contribution >= 0.6 is 0 Å². The van der Waals surface area contributed by atoms with Crippen LogP contribution in [-0.2, 0) is 16.0 Å². The van der Waals surface area contributed by atoms with E-state index < -0.39 is 12.0 Å². The molecule has 1 aliphatic carbocycles. The van der Waals surface area contributed by atoms with Gasteiger partial charge in [-0.3, -0.25) is 14.8 Å². The second kappa shape index (κ2) is 11.1. The summed E-state index contributed by atoms with van der Waals surface area (Å²) >= 11 is 0. The Morgan fingerprint density at radius 2 is 1.71 bits per heavy atom. The lowest BCUT2D eigenvalue weighted by Crippen LogP contribution is -2.45. The first-order chi connectivity index (χ1) is 22.0. The van der Waals surface area contributed by atoms with Gasteiger partial charge in [-0.15, -0.1) is 0 Å². The molecule has 1 unspecified atom stereocenters. The molecule has 8 rings (SSSR count). The van der Waals surface area contributed by atoms with Crippen molar-refractivity contribution in [2.75, 3.05) is 26.3 Å². The van der Waals surface area contributed by atoms with Crippen LogP contribution in [0.15, 0.2) is 54.9 Å². The standard InChI is InChI=1S/C36H35N5O4/c1-21-33(38-14-13-37-21)29-12-9-24-27-20-31(35(42)40-15-17-45-18-16-40)41-30-19-23(36(43)44)7-8-26(30)32(22-5-3-2-4-6-22)34(41)25(27)10-11-28(24)39-29/h7-14,19,22,31H,2-6,15-18,20H2,1H3,(H,43,44). The number of fused-ring (bicyclic) bond motifs is 7. The van der Waals surface area contributed by atoms with Gasteiger partial charge in [0.2, 0.25) is 5.91 Å². The van der Waals surface area contributed by atoms with Crippen LogP contribution in [0.3, 0.4) is 0 Å². The Morgan fingerprint density at radius 3 is 2.49 bits per heavy atom. The molecule has 3 aliphatic rings. The lowest BCUT2D eigenvalue weighted by atomic mass is 9.80. The second-order valence-corrected chi connectivity index (χ2v) is 12.5. The maximum atomic E-state index is 14.5. The number of aromatic nitrogens is 4. The minimum absolute atomic E-state index is 0.0507. The number of ether oxygens (including phenoxy) is 1. The van der Waals surface area contributed by atoms with Crippen LogP contribution in [0.4, 0.5) is 0 Å². The van der Waals surface area contributed by atoms with Crippen LogP contribution in [0.25, 0.3) is 44.5 Å². The van der Waals surface area contributed by atoms with Gasteiger partial charge in [0, 0.05) is 48.2 Å². The predicted molar refractivity (Wildman–Crippen MR) is 171 cm³/mol. The van der Waals surface area contributed by atoms with E-state index in [-0.39, 0.29) is 11.5 Å². The van der Waals surface area contributed by atoms with Crippen LogP contribution in [0.2, 0.25) is 0 Å². The SMILES string of the molecule is Cc1nccnc1-c1ccc2c3c(ccc2n1)-c1c(C2CCCCC2)c2ccc(C(=O)O)cc2n1C(C(=O)N1CCOCC1)C3. The molecule has 0 spiro atoms. The van der Waals surface area contributed by atoms with Gasteiger partial charge in [-0.1, -0.05) is 37.5 Å². The molecule has 1 atom stereocenters. The monoisotopic (exact) mass is 601 g/mol. The lowest BCUT2D eigenvalue weighted by Gasteiger charge is -2.35. The average Bonchev–Trinajstić information content (AvgIpc) is 3.43. The molecule has 2 aromatic carbocycles. The third-order valence-electron chi connectivity index (χ3n) is 9.98. The molecule has 1 saturated carbocycles. The van der Waals surface area contributed by atoms with Gasteiger partial charge in [0.05, 0.1) is 46.9 Å².